The fourth-order valence-corrected chi connectivity index (χ4v) is 3.53. The fourth-order valence-electron chi connectivity index (χ4n) is 3.53. The van der Waals surface area contributed by atoms with Gasteiger partial charge in [0.25, 0.3) is 5.91 Å². The van der Waals surface area contributed by atoms with Gasteiger partial charge in [0.05, 0.1) is 0 Å². The zero-order valence-electron chi connectivity index (χ0n) is 12.3. The first-order chi connectivity index (χ1) is 10.2. The van der Waals surface area contributed by atoms with Crippen LogP contribution in [-0.2, 0) is 0 Å². The van der Waals surface area contributed by atoms with Crippen LogP contribution in [0.15, 0.2) is 48.5 Å². The molecular weight excluding hydrogens is 260 g/mol. The van der Waals surface area contributed by atoms with Crippen molar-refractivity contribution in [2.45, 2.75) is 26.1 Å². The molecule has 2 heterocycles. The van der Waals surface area contributed by atoms with Crippen molar-refractivity contribution in [3.05, 3.63) is 65.2 Å². The van der Waals surface area contributed by atoms with E-state index in [1.807, 2.05) is 23.1 Å². The summed E-state index contributed by atoms with van der Waals surface area (Å²) in [7, 11) is 0. The minimum Gasteiger partial charge on any atom is -0.345 e. The average Bonchev–Trinajstić information content (AvgIpc) is 2.98. The second kappa shape index (κ2) is 4.35. The molecule has 0 radical (unpaired) electrons. The number of fused-ring (bicyclic) bond motifs is 3. The molecule has 0 aromatic heterocycles. The molecule has 0 spiro atoms. The van der Waals surface area contributed by atoms with Crippen LogP contribution >= 0.6 is 0 Å². The Morgan fingerprint density at radius 1 is 1.05 bits per heavy atom. The summed E-state index contributed by atoms with van der Waals surface area (Å²) in [6.45, 7) is 5.11. The summed E-state index contributed by atoms with van der Waals surface area (Å²) in [5.74, 6) is 0.165. The number of nitrogens with zero attached hydrogens (tertiary/aromatic N) is 2. The van der Waals surface area contributed by atoms with E-state index in [4.69, 9.17) is 0 Å². The number of rotatable bonds is 1. The second-order valence-corrected chi connectivity index (χ2v) is 6.01. The molecule has 2 aromatic rings. The average molecular weight is 278 g/mol. The molecule has 2 aliphatic rings. The van der Waals surface area contributed by atoms with Gasteiger partial charge in [0.1, 0.15) is 6.17 Å². The van der Waals surface area contributed by atoms with Gasteiger partial charge in [0.2, 0.25) is 0 Å². The molecule has 0 N–H and O–H groups in total. The first-order valence-electron chi connectivity index (χ1n) is 7.42. The van der Waals surface area contributed by atoms with Crippen molar-refractivity contribution in [2.75, 3.05) is 11.4 Å². The lowest BCUT2D eigenvalue weighted by molar-refractivity contribution is 0.0727. The van der Waals surface area contributed by atoms with Crippen molar-refractivity contribution >= 4 is 11.6 Å². The molecule has 1 saturated heterocycles. The normalized spacial score (nSPS) is 23.4. The lowest BCUT2D eigenvalue weighted by Crippen LogP contribution is -2.31. The molecule has 1 fully saturated rings. The fraction of sp³-hybridized carbons (Fsp3) is 0.278. The Bertz CT molecular complexity index is 707. The highest BCUT2D eigenvalue weighted by molar-refractivity contribution is 6.00. The number of carbonyl (C=O) groups is 1. The number of aryl methyl sites for hydroxylation is 1. The van der Waals surface area contributed by atoms with Crippen molar-refractivity contribution in [3.63, 3.8) is 0 Å². The molecule has 2 aromatic carbocycles. The lowest BCUT2D eigenvalue weighted by atomic mass is 10.1. The topological polar surface area (TPSA) is 23.6 Å². The Balaban J connectivity index is 1.82. The van der Waals surface area contributed by atoms with Crippen LogP contribution in [-0.4, -0.2) is 23.4 Å². The van der Waals surface area contributed by atoms with Gasteiger partial charge >= 0.3 is 0 Å². The molecule has 2 aliphatic heterocycles. The first-order valence-corrected chi connectivity index (χ1v) is 7.42. The third kappa shape index (κ3) is 1.70. The van der Waals surface area contributed by atoms with Gasteiger partial charge in [-0.1, -0.05) is 35.9 Å². The maximum absolute atomic E-state index is 12.6. The van der Waals surface area contributed by atoms with E-state index in [9.17, 15) is 4.79 Å². The summed E-state index contributed by atoms with van der Waals surface area (Å²) in [5, 5.41) is 0. The molecule has 4 rings (SSSR count). The van der Waals surface area contributed by atoms with E-state index in [2.05, 4.69) is 49.1 Å². The molecular formula is C18H18N2O. The van der Waals surface area contributed by atoms with Crippen LogP contribution in [0, 0.1) is 6.92 Å². The highest BCUT2D eigenvalue weighted by Gasteiger charge is 2.47. The van der Waals surface area contributed by atoms with Crippen molar-refractivity contribution in [1.82, 2.24) is 4.90 Å². The molecule has 0 saturated carbocycles. The SMILES string of the molecule is Cc1ccc(N2C[C@H](C)N3C(=O)c4ccccc4[C@@H]23)cc1. The quantitative estimate of drug-likeness (QED) is 0.798. The van der Waals surface area contributed by atoms with E-state index in [0.717, 1.165) is 17.7 Å². The minimum atomic E-state index is 0.0476. The number of hydrogen-bond donors (Lipinski definition) is 0. The lowest BCUT2D eigenvalue weighted by Gasteiger charge is -2.27. The van der Waals surface area contributed by atoms with Crippen LogP contribution in [0.3, 0.4) is 0 Å². The Labute approximate surface area is 124 Å². The van der Waals surface area contributed by atoms with E-state index in [1.165, 1.54) is 11.3 Å². The Morgan fingerprint density at radius 3 is 2.52 bits per heavy atom. The summed E-state index contributed by atoms with van der Waals surface area (Å²) in [6, 6.07) is 16.8. The number of amides is 1. The van der Waals surface area contributed by atoms with E-state index in [0.29, 0.717) is 0 Å². The Morgan fingerprint density at radius 2 is 1.76 bits per heavy atom. The molecule has 3 nitrogen and oxygen atoms in total. The highest BCUT2D eigenvalue weighted by Crippen LogP contribution is 2.44. The van der Waals surface area contributed by atoms with E-state index >= 15 is 0 Å². The molecule has 0 unspecified atom stereocenters. The van der Waals surface area contributed by atoms with E-state index in [1.54, 1.807) is 0 Å². The smallest absolute Gasteiger partial charge is 0.256 e. The second-order valence-electron chi connectivity index (χ2n) is 6.01. The summed E-state index contributed by atoms with van der Waals surface area (Å²) in [6.07, 6.45) is 0.0476. The molecule has 2 atom stereocenters. The van der Waals surface area contributed by atoms with E-state index < -0.39 is 0 Å². The van der Waals surface area contributed by atoms with Crippen molar-refractivity contribution in [3.8, 4) is 0 Å². The maximum atomic E-state index is 12.6. The molecule has 3 heteroatoms. The molecule has 0 bridgehead atoms. The number of anilines is 1. The van der Waals surface area contributed by atoms with Gasteiger partial charge in [-0.15, -0.1) is 0 Å². The van der Waals surface area contributed by atoms with Crippen molar-refractivity contribution < 1.29 is 4.79 Å². The highest BCUT2D eigenvalue weighted by atomic mass is 16.2. The van der Waals surface area contributed by atoms with Crippen LogP contribution in [0.4, 0.5) is 5.69 Å². The standard InChI is InChI=1S/C18H18N2O/c1-12-7-9-14(10-8-12)19-11-13(2)20-17(19)15-5-3-4-6-16(15)18(20)21/h3-10,13,17H,11H2,1-2H3/t13-,17-/m0/s1. The van der Waals surface area contributed by atoms with Crippen LogP contribution in [0.25, 0.3) is 0 Å². The van der Waals surface area contributed by atoms with Gasteiger partial charge in [-0.3, -0.25) is 4.79 Å². The summed E-state index contributed by atoms with van der Waals surface area (Å²) >= 11 is 0. The zero-order chi connectivity index (χ0) is 14.6. The van der Waals surface area contributed by atoms with Gasteiger partial charge in [-0.25, -0.2) is 0 Å². The first kappa shape index (κ1) is 12.5. The van der Waals surface area contributed by atoms with Crippen molar-refractivity contribution in [1.29, 1.82) is 0 Å². The number of hydrogen-bond acceptors (Lipinski definition) is 2. The molecule has 106 valence electrons. The largest absolute Gasteiger partial charge is 0.345 e. The summed E-state index contributed by atoms with van der Waals surface area (Å²) < 4.78 is 0. The number of benzene rings is 2. The summed E-state index contributed by atoms with van der Waals surface area (Å²) in [4.78, 5) is 17.0. The van der Waals surface area contributed by atoms with E-state index in [-0.39, 0.29) is 18.1 Å². The predicted octanol–water partition coefficient (Wildman–Crippen LogP) is 3.36. The van der Waals surface area contributed by atoms with Crippen LogP contribution < -0.4 is 4.90 Å². The zero-order valence-corrected chi connectivity index (χ0v) is 12.3. The predicted molar refractivity (Wildman–Crippen MR) is 83.3 cm³/mol. The van der Waals surface area contributed by atoms with Gasteiger partial charge in [0.15, 0.2) is 0 Å². The van der Waals surface area contributed by atoms with Crippen LogP contribution in [0.5, 0.6) is 0 Å². The number of carbonyl (C=O) groups excluding carboxylic acids is 1. The Kier molecular flexibility index (Phi) is 2.58. The van der Waals surface area contributed by atoms with Gasteiger partial charge < -0.3 is 9.80 Å². The molecule has 21 heavy (non-hydrogen) atoms. The maximum Gasteiger partial charge on any atom is 0.256 e. The van der Waals surface area contributed by atoms with Gasteiger partial charge in [-0.05, 0) is 32.0 Å². The van der Waals surface area contributed by atoms with Gasteiger partial charge in [0, 0.05) is 29.4 Å². The monoisotopic (exact) mass is 278 g/mol. The van der Waals surface area contributed by atoms with Crippen molar-refractivity contribution in [2.24, 2.45) is 0 Å². The minimum absolute atomic E-state index is 0.0476. The third-order valence-electron chi connectivity index (χ3n) is 4.56. The third-order valence-corrected chi connectivity index (χ3v) is 4.56. The molecule has 1 amide bonds. The van der Waals surface area contributed by atoms with Crippen LogP contribution in [0.1, 0.15) is 34.6 Å². The summed E-state index contributed by atoms with van der Waals surface area (Å²) in [5.41, 5.74) is 4.42. The van der Waals surface area contributed by atoms with Gasteiger partial charge in [-0.2, -0.15) is 0 Å². The Hall–Kier alpha value is -2.29. The molecule has 0 aliphatic carbocycles. The van der Waals surface area contributed by atoms with Crippen LogP contribution in [0.2, 0.25) is 0 Å².